The van der Waals surface area contributed by atoms with Crippen molar-refractivity contribution in [1.29, 1.82) is 0 Å². The molecule has 1 aliphatic rings. The maximum absolute atomic E-state index is 13.0. The van der Waals surface area contributed by atoms with E-state index in [0.29, 0.717) is 31.7 Å². The summed E-state index contributed by atoms with van der Waals surface area (Å²) < 4.78 is 0. The first-order valence-electron chi connectivity index (χ1n) is 10.3. The van der Waals surface area contributed by atoms with E-state index in [0.717, 1.165) is 5.56 Å². The van der Waals surface area contributed by atoms with Gasteiger partial charge in [-0.25, -0.2) is 0 Å². The van der Waals surface area contributed by atoms with Gasteiger partial charge in [0.05, 0.1) is 0 Å². The average molecular weight is 394 g/mol. The molecule has 154 valence electrons. The van der Waals surface area contributed by atoms with E-state index in [1.807, 2.05) is 68.3 Å². The summed E-state index contributed by atoms with van der Waals surface area (Å²) in [5.41, 5.74) is 8.94. The van der Waals surface area contributed by atoms with Crippen LogP contribution < -0.4 is 5.73 Å². The molecule has 1 fully saturated rings. The van der Waals surface area contributed by atoms with E-state index < -0.39 is 0 Å². The standard InChI is InChI=1S/C24H31N3O2/c1-17(2)23(28)26(3)14-18-9-11-20(12-10-18)24(29)27-15-21(13-25)22(16-27)19-7-5-4-6-8-19/h4-12,17,21-22H,13-16,25H2,1-3H3/t21-,22+/m1/s1. The molecule has 2 amide bonds. The summed E-state index contributed by atoms with van der Waals surface area (Å²) in [5, 5.41) is 0. The molecule has 5 heteroatoms. The van der Waals surface area contributed by atoms with E-state index in [-0.39, 0.29) is 29.6 Å². The van der Waals surface area contributed by atoms with Crippen LogP contribution in [0.4, 0.5) is 0 Å². The maximum Gasteiger partial charge on any atom is 0.253 e. The van der Waals surface area contributed by atoms with E-state index in [4.69, 9.17) is 5.73 Å². The Kier molecular flexibility index (Phi) is 6.70. The van der Waals surface area contributed by atoms with Gasteiger partial charge in [-0.15, -0.1) is 0 Å². The molecule has 2 aromatic rings. The van der Waals surface area contributed by atoms with Crippen molar-refractivity contribution >= 4 is 11.8 Å². The zero-order valence-corrected chi connectivity index (χ0v) is 17.5. The molecular weight excluding hydrogens is 362 g/mol. The first kappa shape index (κ1) is 21.1. The largest absolute Gasteiger partial charge is 0.341 e. The summed E-state index contributed by atoms with van der Waals surface area (Å²) in [5.74, 6) is 0.683. The van der Waals surface area contributed by atoms with Gasteiger partial charge in [0.1, 0.15) is 0 Å². The van der Waals surface area contributed by atoms with Gasteiger partial charge < -0.3 is 15.5 Å². The molecule has 5 nitrogen and oxygen atoms in total. The van der Waals surface area contributed by atoms with Crippen LogP contribution in [0.1, 0.15) is 41.3 Å². The van der Waals surface area contributed by atoms with Gasteiger partial charge in [-0.2, -0.15) is 0 Å². The second-order valence-corrected chi connectivity index (χ2v) is 8.27. The number of hydrogen-bond acceptors (Lipinski definition) is 3. The number of likely N-dealkylation sites (tertiary alicyclic amines) is 1. The van der Waals surface area contributed by atoms with Crippen molar-refractivity contribution in [2.45, 2.75) is 26.3 Å². The van der Waals surface area contributed by atoms with Crippen LogP contribution in [0.25, 0.3) is 0 Å². The fourth-order valence-corrected chi connectivity index (χ4v) is 4.08. The van der Waals surface area contributed by atoms with Gasteiger partial charge in [0.25, 0.3) is 5.91 Å². The van der Waals surface area contributed by atoms with Gasteiger partial charge in [-0.1, -0.05) is 56.3 Å². The molecule has 0 unspecified atom stereocenters. The highest BCUT2D eigenvalue weighted by Crippen LogP contribution is 2.32. The molecule has 0 radical (unpaired) electrons. The molecule has 0 saturated carbocycles. The lowest BCUT2D eigenvalue weighted by Crippen LogP contribution is -2.30. The van der Waals surface area contributed by atoms with Crippen molar-refractivity contribution in [3.63, 3.8) is 0 Å². The SMILES string of the molecule is CC(C)C(=O)N(C)Cc1ccc(C(=O)N2C[C@@H](CN)[C@H](c3ccccc3)C2)cc1. The van der Waals surface area contributed by atoms with Crippen LogP contribution in [0.5, 0.6) is 0 Å². The number of amides is 2. The Labute approximate surface area is 173 Å². The van der Waals surface area contributed by atoms with Crippen molar-refractivity contribution in [2.24, 2.45) is 17.6 Å². The molecule has 1 heterocycles. The molecule has 0 aromatic heterocycles. The minimum atomic E-state index is -0.0240. The Morgan fingerprint density at radius 2 is 1.72 bits per heavy atom. The molecule has 0 spiro atoms. The minimum absolute atomic E-state index is 0.0240. The van der Waals surface area contributed by atoms with Gasteiger partial charge in [-0.05, 0) is 35.7 Å². The van der Waals surface area contributed by atoms with E-state index >= 15 is 0 Å². The van der Waals surface area contributed by atoms with Crippen molar-refractivity contribution < 1.29 is 9.59 Å². The van der Waals surface area contributed by atoms with E-state index in [1.165, 1.54) is 5.56 Å². The summed E-state index contributed by atoms with van der Waals surface area (Å²) in [6, 6.07) is 17.9. The van der Waals surface area contributed by atoms with Crippen molar-refractivity contribution in [1.82, 2.24) is 9.80 Å². The molecule has 3 rings (SSSR count). The van der Waals surface area contributed by atoms with Crippen LogP contribution in [0.2, 0.25) is 0 Å². The number of nitrogens with two attached hydrogens (primary N) is 1. The molecule has 1 saturated heterocycles. The zero-order valence-electron chi connectivity index (χ0n) is 17.5. The van der Waals surface area contributed by atoms with Gasteiger partial charge in [0, 0.05) is 44.1 Å². The molecule has 0 aliphatic carbocycles. The predicted octanol–water partition coefficient (Wildman–Crippen LogP) is 3.12. The van der Waals surface area contributed by atoms with E-state index in [2.05, 4.69) is 12.1 Å². The summed E-state index contributed by atoms with van der Waals surface area (Å²) in [6.07, 6.45) is 0. The molecule has 0 bridgehead atoms. The fraction of sp³-hybridized carbons (Fsp3) is 0.417. The second-order valence-electron chi connectivity index (χ2n) is 8.27. The second kappa shape index (κ2) is 9.23. The lowest BCUT2D eigenvalue weighted by atomic mass is 9.89. The van der Waals surface area contributed by atoms with Crippen molar-refractivity contribution in [3.05, 3.63) is 71.3 Å². The van der Waals surface area contributed by atoms with E-state index in [1.54, 1.807) is 4.90 Å². The van der Waals surface area contributed by atoms with Gasteiger partial charge in [0.15, 0.2) is 0 Å². The maximum atomic E-state index is 13.0. The molecule has 2 N–H and O–H groups in total. The highest BCUT2D eigenvalue weighted by Gasteiger charge is 2.35. The third-order valence-electron chi connectivity index (χ3n) is 5.75. The van der Waals surface area contributed by atoms with Gasteiger partial charge >= 0.3 is 0 Å². The monoisotopic (exact) mass is 393 g/mol. The smallest absolute Gasteiger partial charge is 0.253 e. The van der Waals surface area contributed by atoms with Crippen LogP contribution in [0.15, 0.2) is 54.6 Å². The molecular formula is C24H31N3O2. The van der Waals surface area contributed by atoms with E-state index in [9.17, 15) is 9.59 Å². The number of rotatable bonds is 6. The normalized spacial score (nSPS) is 18.9. The Bertz CT molecular complexity index is 833. The fourth-order valence-electron chi connectivity index (χ4n) is 4.08. The number of nitrogens with zero attached hydrogens (tertiary/aromatic N) is 2. The topological polar surface area (TPSA) is 66.6 Å². The van der Waals surface area contributed by atoms with Crippen molar-refractivity contribution in [2.75, 3.05) is 26.7 Å². The predicted molar refractivity (Wildman–Crippen MR) is 115 cm³/mol. The number of carbonyl (C=O) groups excluding carboxylic acids is 2. The van der Waals surface area contributed by atoms with Crippen LogP contribution in [-0.2, 0) is 11.3 Å². The average Bonchev–Trinajstić information content (AvgIpc) is 3.18. The van der Waals surface area contributed by atoms with Crippen LogP contribution in [0.3, 0.4) is 0 Å². The van der Waals surface area contributed by atoms with Crippen LogP contribution in [0, 0.1) is 11.8 Å². The number of carbonyl (C=O) groups is 2. The molecule has 2 atom stereocenters. The third-order valence-corrected chi connectivity index (χ3v) is 5.75. The Balaban J connectivity index is 1.67. The Morgan fingerprint density at radius 3 is 2.31 bits per heavy atom. The van der Waals surface area contributed by atoms with Crippen molar-refractivity contribution in [3.8, 4) is 0 Å². The summed E-state index contributed by atoms with van der Waals surface area (Å²) in [4.78, 5) is 28.7. The zero-order chi connectivity index (χ0) is 21.0. The quantitative estimate of drug-likeness (QED) is 0.820. The summed E-state index contributed by atoms with van der Waals surface area (Å²) in [6.45, 7) is 6.28. The third kappa shape index (κ3) is 4.85. The molecule has 29 heavy (non-hydrogen) atoms. The highest BCUT2D eigenvalue weighted by molar-refractivity contribution is 5.94. The van der Waals surface area contributed by atoms with Crippen LogP contribution in [-0.4, -0.2) is 48.3 Å². The van der Waals surface area contributed by atoms with Crippen LogP contribution >= 0.6 is 0 Å². The molecule has 1 aliphatic heterocycles. The van der Waals surface area contributed by atoms with Gasteiger partial charge in [-0.3, -0.25) is 9.59 Å². The van der Waals surface area contributed by atoms with Gasteiger partial charge in [0.2, 0.25) is 5.91 Å². The minimum Gasteiger partial charge on any atom is -0.341 e. The first-order valence-corrected chi connectivity index (χ1v) is 10.3. The first-order chi connectivity index (χ1) is 13.9. The molecule has 2 aromatic carbocycles. The summed E-state index contributed by atoms with van der Waals surface area (Å²) in [7, 11) is 1.81. The number of benzene rings is 2. The highest BCUT2D eigenvalue weighted by atomic mass is 16.2. The number of hydrogen-bond donors (Lipinski definition) is 1. The Morgan fingerprint density at radius 1 is 1.07 bits per heavy atom. The lowest BCUT2D eigenvalue weighted by molar-refractivity contribution is -0.133. The Hall–Kier alpha value is -2.66. The lowest BCUT2D eigenvalue weighted by Gasteiger charge is -2.20. The summed E-state index contributed by atoms with van der Waals surface area (Å²) >= 11 is 0.